The summed E-state index contributed by atoms with van der Waals surface area (Å²) in [6.45, 7) is 1.90. The Morgan fingerprint density at radius 3 is 2.25 bits per heavy atom. The Morgan fingerprint density at radius 2 is 1.64 bits per heavy atom. The number of benzene rings is 3. The molecule has 1 N–H and O–H groups in total. The Labute approximate surface area is 206 Å². The summed E-state index contributed by atoms with van der Waals surface area (Å²) in [5.74, 6) is -0.816. The zero-order valence-electron chi connectivity index (χ0n) is 19.6. The van der Waals surface area contributed by atoms with Crippen LogP contribution in [0, 0.1) is 28.4 Å². The highest BCUT2D eigenvalue weighted by Gasteiger charge is 2.17. The Hall–Kier alpha value is -5.17. The summed E-state index contributed by atoms with van der Waals surface area (Å²) in [4.78, 5) is 35.6. The normalized spacial score (nSPS) is 10.7. The van der Waals surface area contributed by atoms with E-state index in [1.165, 1.54) is 44.6 Å². The molecule has 0 atom stereocenters. The topological polar surface area (TPSA) is 141 Å². The van der Waals surface area contributed by atoms with E-state index in [-0.39, 0.29) is 34.2 Å². The summed E-state index contributed by atoms with van der Waals surface area (Å²) in [6.07, 6.45) is 1.30. The van der Waals surface area contributed by atoms with Crippen LogP contribution in [-0.4, -0.2) is 31.0 Å². The number of amides is 1. The Balaban J connectivity index is 1.83. The van der Waals surface area contributed by atoms with Crippen LogP contribution in [0.15, 0.2) is 66.2 Å². The molecular weight excluding hydrogens is 466 g/mol. The molecule has 0 saturated carbocycles. The molecule has 0 aliphatic heterocycles. The largest absolute Gasteiger partial charge is 0.495 e. The summed E-state index contributed by atoms with van der Waals surface area (Å²) >= 11 is 0. The lowest BCUT2D eigenvalue weighted by molar-refractivity contribution is -0.384. The van der Waals surface area contributed by atoms with Crippen LogP contribution in [-0.2, 0) is 4.79 Å². The van der Waals surface area contributed by atoms with E-state index in [1.807, 2.05) is 6.92 Å². The van der Waals surface area contributed by atoms with Crippen molar-refractivity contribution in [3.8, 4) is 23.3 Å². The second-order valence-corrected chi connectivity index (χ2v) is 7.43. The van der Waals surface area contributed by atoms with Gasteiger partial charge >= 0.3 is 5.97 Å². The van der Waals surface area contributed by atoms with Crippen molar-refractivity contribution in [3.63, 3.8) is 0 Å². The van der Waals surface area contributed by atoms with Crippen molar-refractivity contribution in [2.24, 2.45) is 0 Å². The molecule has 10 heteroatoms. The van der Waals surface area contributed by atoms with Crippen molar-refractivity contribution < 1.29 is 28.7 Å². The number of aryl methyl sites for hydroxylation is 1. The van der Waals surface area contributed by atoms with Gasteiger partial charge in [0.25, 0.3) is 11.6 Å². The van der Waals surface area contributed by atoms with E-state index in [9.17, 15) is 25.0 Å². The van der Waals surface area contributed by atoms with Crippen LogP contribution in [0.3, 0.4) is 0 Å². The third kappa shape index (κ3) is 6.03. The van der Waals surface area contributed by atoms with Gasteiger partial charge in [-0.15, -0.1) is 0 Å². The monoisotopic (exact) mass is 487 g/mol. The first-order valence-corrected chi connectivity index (χ1v) is 10.5. The summed E-state index contributed by atoms with van der Waals surface area (Å²) in [5.41, 5.74) is 1.28. The SMILES string of the molecule is COc1ccc([N+](=O)[O-])cc1NC(=O)/C(C#N)=C/c1ccc(OC(=O)c2ccc(C)cc2)c(OC)c1. The lowest BCUT2D eigenvalue weighted by Gasteiger charge is -2.11. The van der Waals surface area contributed by atoms with Gasteiger partial charge in [-0.3, -0.25) is 14.9 Å². The van der Waals surface area contributed by atoms with E-state index in [1.54, 1.807) is 36.4 Å². The summed E-state index contributed by atoms with van der Waals surface area (Å²) < 4.78 is 15.9. The summed E-state index contributed by atoms with van der Waals surface area (Å²) in [5, 5.41) is 23.1. The second kappa shape index (κ2) is 11.3. The first-order chi connectivity index (χ1) is 17.2. The third-order valence-electron chi connectivity index (χ3n) is 5.00. The van der Waals surface area contributed by atoms with E-state index in [0.29, 0.717) is 11.1 Å². The number of nitro groups is 1. The number of carbonyl (C=O) groups is 2. The summed E-state index contributed by atoms with van der Waals surface area (Å²) in [6, 6.07) is 16.9. The number of methoxy groups -OCH3 is 2. The van der Waals surface area contributed by atoms with E-state index in [2.05, 4.69) is 5.32 Å². The van der Waals surface area contributed by atoms with Gasteiger partial charge in [0.05, 0.1) is 30.4 Å². The first kappa shape index (κ1) is 25.5. The van der Waals surface area contributed by atoms with Gasteiger partial charge in [0.15, 0.2) is 11.5 Å². The van der Waals surface area contributed by atoms with Gasteiger partial charge in [0.2, 0.25) is 0 Å². The molecule has 182 valence electrons. The Kier molecular flexibility index (Phi) is 7.99. The van der Waals surface area contributed by atoms with Gasteiger partial charge in [0, 0.05) is 12.1 Å². The van der Waals surface area contributed by atoms with Gasteiger partial charge in [-0.2, -0.15) is 5.26 Å². The van der Waals surface area contributed by atoms with E-state index < -0.39 is 16.8 Å². The molecule has 0 fully saturated rings. The molecule has 0 aliphatic rings. The quantitative estimate of drug-likeness (QED) is 0.121. The number of non-ortho nitro benzene ring substituents is 1. The number of anilines is 1. The number of hydrogen-bond acceptors (Lipinski definition) is 8. The zero-order chi connectivity index (χ0) is 26.2. The molecule has 3 rings (SSSR count). The molecule has 0 bridgehead atoms. The van der Waals surface area contributed by atoms with E-state index in [0.717, 1.165) is 11.6 Å². The van der Waals surface area contributed by atoms with Crippen LogP contribution < -0.4 is 19.5 Å². The number of nitriles is 1. The fraction of sp³-hybridized carbons (Fsp3) is 0.115. The lowest BCUT2D eigenvalue weighted by Crippen LogP contribution is -2.14. The van der Waals surface area contributed by atoms with Crippen LogP contribution in [0.5, 0.6) is 17.2 Å². The number of carbonyl (C=O) groups excluding carboxylic acids is 2. The molecule has 3 aromatic carbocycles. The molecule has 0 heterocycles. The van der Waals surface area contributed by atoms with Crippen molar-refractivity contribution in [2.75, 3.05) is 19.5 Å². The van der Waals surface area contributed by atoms with Gasteiger partial charge in [-0.1, -0.05) is 23.8 Å². The maximum atomic E-state index is 12.7. The maximum Gasteiger partial charge on any atom is 0.343 e. The molecule has 0 radical (unpaired) electrons. The summed E-state index contributed by atoms with van der Waals surface area (Å²) in [7, 11) is 2.73. The first-order valence-electron chi connectivity index (χ1n) is 10.5. The van der Waals surface area contributed by atoms with Gasteiger partial charge in [0.1, 0.15) is 17.4 Å². The maximum absolute atomic E-state index is 12.7. The van der Waals surface area contributed by atoms with Crippen molar-refractivity contribution in [3.05, 3.63) is 93.0 Å². The highest BCUT2D eigenvalue weighted by molar-refractivity contribution is 6.10. The minimum atomic E-state index is -0.801. The molecule has 36 heavy (non-hydrogen) atoms. The number of nitrogens with one attached hydrogen (secondary N) is 1. The van der Waals surface area contributed by atoms with Gasteiger partial charge in [-0.25, -0.2) is 4.79 Å². The van der Waals surface area contributed by atoms with Crippen LogP contribution in [0.25, 0.3) is 6.08 Å². The minimum absolute atomic E-state index is 0.0359. The Morgan fingerprint density at radius 1 is 0.972 bits per heavy atom. The molecule has 0 unspecified atom stereocenters. The average Bonchev–Trinajstić information content (AvgIpc) is 2.88. The van der Waals surface area contributed by atoms with E-state index >= 15 is 0 Å². The number of rotatable bonds is 8. The zero-order valence-corrected chi connectivity index (χ0v) is 19.6. The van der Waals surface area contributed by atoms with E-state index in [4.69, 9.17) is 14.2 Å². The fourth-order valence-electron chi connectivity index (χ4n) is 3.12. The van der Waals surface area contributed by atoms with Crippen molar-refractivity contribution in [1.82, 2.24) is 0 Å². The van der Waals surface area contributed by atoms with Gasteiger partial charge in [-0.05, 0) is 48.9 Å². The van der Waals surface area contributed by atoms with Gasteiger partial charge < -0.3 is 19.5 Å². The molecule has 0 saturated heterocycles. The van der Waals surface area contributed by atoms with Crippen LogP contribution >= 0.6 is 0 Å². The predicted molar refractivity (Wildman–Crippen MR) is 131 cm³/mol. The third-order valence-corrected chi connectivity index (χ3v) is 5.00. The average molecular weight is 487 g/mol. The highest BCUT2D eigenvalue weighted by Crippen LogP contribution is 2.31. The molecular formula is C26H21N3O7. The molecule has 0 aliphatic carbocycles. The van der Waals surface area contributed by atoms with Crippen molar-refractivity contribution in [1.29, 1.82) is 5.26 Å². The smallest absolute Gasteiger partial charge is 0.343 e. The van der Waals surface area contributed by atoms with Crippen molar-refractivity contribution in [2.45, 2.75) is 6.92 Å². The number of esters is 1. The number of nitro benzene ring substituents is 1. The molecule has 0 aromatic heterocycles. The van der Waals surface area contributed by atoms with Crippen LogP contribution in [0.4, 0.5) is 11.4 Å². The lowest BCUT2D eigenvalue weighted by atomic mass is 10.1. The van der Waals surface area contributed by atoms with Crippen LogP contribution in [0.1, 0.15) is 21.5 Å². The number of hydrogen-bond donors (Lipinski definition) is 1. The standard InChI is InChI=1S/C26H21N3O7/c1-16-4-7-18(8-5-16)26(31)36-23-10-6-17(13-24(23)35-3)12-19(15-27)25(30)28-21-14-20(29(32)33)9-11-22(21)34-2/h4-14H,1-3H3,(H,28,30)/b19-12+. The van der Waals surface area contributed by atoms with Crippen molar-refractivity contribution >= 4 is 29.3 Å². The molecule has 10 nitrogen and oxygen atoms in total. The highest BCUT2D eigenvalue weighted by atomic mass is 16.6. The van der Waals surface area contributed by atoms with Crippen LogP contribution in [0.2, 0.25) is 0 Å². The predicted octanol–water partition coefficient (Wildman–Crippen LogP) is 4.69. The minimum Gasteiger partial charge on any atom is -0.495 e. The Bertz CT molecular complexity index is 1390. The fourth-order valence-corrected chi connectivity index (χ4v) is 3.12. The second-order valence-electron chi connectivity index (χ2n) is 7.43. The molecule has 0 spiro atoms. The number of ether oxygens (including phenoxy) is 3. The molecule has 3 aromatic rings. The molecule has 1 amide bonds. The number of nitrogens with zero attached hydrogens (tertiary/aromatic N) is 2.